The lowest BCUT2D eigenvalue weighted by atomic mass is 10.0. The van der Waals surface area contributed by atoms with E-state index in [-0.39, 0.29) is 17.1 Å². The molecule has 0 bridgehead atoms. The number of carbonyl (C=O) groups excluding carboxylic acids is 1. The first-order valence-corrected chi connectivity index (χ1v) is 7.30. The van der Waals surface area contributed by atoms with Crippen LogP contribution in [0.25, 0.3) is 22.6 Å². The zero-order valence-corrected chi connectivity index (χ0v) is 13.0. The van der Waals surface area contributed by atoms with Gasteiger partial charge in [-0.05, 0) is 24.6 Å². The van der Waals surface area contributed by atoms with Crippen molar-refractivity contribution in [2.45, 2.75) is 6.92 Å². The molecule has 6 heteroatoms. The summed E-state index contributed by atoms with van der Waals surface area (Å²) in [5, 5.41) is 9.78. The molecule has 24 heavy (non-hydrogen) atoms. The summed E-state index contributed by atoms with van der Waals surface area (Å²) in [5.41, 5.74) is 14.1. The van der Waals surface area contributed by atoms with Gasteiger partial charge in [-0.2, -0.15) is 0 Å². The Morgan fingerprint density at radius 3 is 2.46 bits per heavy atom. The molecule has 1 amide bonds. The quantitative estimate of drug-likeness (QED) is 0.686. The maximum atomic E-state index is 11.7. The van der Waals surface area contributed by atoms with Crippen LogP contribution in [0.4, 0.5) is 5.69 Å². The number of amides is 1. The molecule has 0 aliphatic carbocycles. The second-order valence-electron chi connectivity index (χ2n) is 5.39. The zero-order chi connectivity index (χ0) is 17.3. The normalized spacial score (nSPS) is 10.5. The van der Waals surface area contributed by atoms with Crippen LogP contribution < -0.4 is 11.5 Å². The van der Waals surface area contributed by atoms with Gasteiger partial charge in [-0.15, -0.1) is 0 Å². The van der Waals surface area contributed by atoms with E-state index in [1.807, 2.05) is 37.3 Å². The van der Waals surface area contributed by atoms with E-state index >= 15 is 0 Å². The molecule has 0 spiro atoms. The number of nitrogens with zero attached hydrogens (tertiary/aromatic N) is 2. The third kappa shape index (κ3) is 2.77. The topological polar surface area (TPSA) is 115 Å². The largest absolute Gasteiger partial charge is 0.508 e. The number of hydrogen-bond donors (Lipinski definition) is 3. The SMILES string of the molecule is Cc1ccc(O)cc1-c1nc(-c2ccccc2)nc(C(N)=O)c1N. The van der Waals surface area contributed by atoms with Gasteiger partial charge in [0.15, 0.2) is 11.5 Å². The van der Waals surface area contributed by atoms with Crippen LogP contribution in [0.2, 0.25) is 0 Å². The summed E-state index contributed by atoms with van der Waals surface area (Å²) in [6.45, 7) is 1.86. The highest BCUT2D eigenvalue weighted by Crippen LogP contribution is 2.32. The van der Waals surface area contributed by atoms with Crippen LogP contribution in [0.5, 0.6) is 5.75 Å². The molecule has 0 aliphatic rings. The van der Waals surface area contributed by atoms with Crippen LogP contribution in [0.15, 0.2) is 48.5 Å². The average molecular weight is 320 g/mol. The highest BCUT2D eigenvalue weighted by Gasteiger charge is 2.19. The minimum Gasteiger partial charge on any atom is -0.508 e. The molecule has 0 radical (unpaired) electrons. The summed E-state index contributed by atoms with van der Waals surface area (Å²) in [5.74, 6) is -0.307. The minimum atomic E-state index is -0.730. The van der Waals surface area contributed by atoms with Crippen LogP contribution in [0.1, 0.15) is 16.1 Å². The van der Waals surface area contributed by atoms with Gasteiger partial charge in [-0.25, -0.2) is 9.97 Å². The van der Waals surface area contributed by atoms with Gasteiger partial charge in [-0.3, -0.25) is 4.79 Å². The monoisotopic (exact) mass is 320 g/mol. The molecule has 2 aromatic carbocycles. The summed E-state index contributed by atoms with van der Waals surface area (Å²) in [4.78, 5) is 20.5. The number of benzene rings is 2. The molecule has 3 rings (SSSR count). The number of aromatic nitrogens is 2. The fourth-order valence-corrected chi connectivity index (χ4v) is 2.44. The number of anilines is 1. The Morgan fingerprint density at radius 1 is 1.08 bits per heavy atom. The maximum Gasteiger partial charge on any atom is 0.269 e. The highest BCUT2D eigenvalue weighted by molar-refractivity contribution is 5.99. The predicted molar refractivity (Wildman–Crippen MR) is 92.2 cm³/mol. The number of phenolic OH excluding ortho intramolecular Hbond substituents is 1. The van der Waals surface area contributed by atoms with Crippen LogP contribution in [0, 0.1) is 6.92 Å². The fraction of sp³-hybridized carbons (Fsp3) is 0.0556. The van der Waals surface area contributed by atoms with Crippen LogP contribution >= 0.6 is 0 Å². The molecule has 0 fully saturated rings. The van der Waals surface area contributed by atoms with E-state index in [0.717, 1.165) is 11.1 Å². The van der Waals surface area contributed by atoms with Gasteiger partial charge in [-0.1, -0.05) is 36.4 Å². The van der Waals surface area contributed by atoms with Crippen molar-refractivity contribution >= 4 is 11.6 Å². The lowest BCUT2D eigenvalue weighted by Gasteiger charge is -2.13. The molecule has 6 nitrogen and oxygen atoms in total. The van der Waals surface area contributed by atoms with Crippen molar-refractivity contribution in [3.05, 3.63) is 59.8 Å². The van der Waals surface area contributed by atoms with E-state index in [2.05, 4.69) is 9.97 Å². The molecular weight excluding hydrogens is 304 g/mol. The van der Waals surface area contributed by atoms with Crippen molar-refractivity contribution in [2.24, 2.45) is 5.73 Å². The fourth-order valence-electron chi connectivity index (χ4n) is 2.44. The molecule has 120 valence electrons. The summed E-state index contributed by atoms with van der Waals surface area (Å²) in [6.07, 6.45) is 0. The molecule has 0 aliphatic heterocycles. The summed E-state index contributed by atoms with van der Waals surface area (Å²) in [6, 6.07) is 14.1. The Bertz CT molecular complexity index is 924. The molecular formula is C18H16N4O2. The molecule has 0 atom stereocenters. The zero-order valence-electron chi connectivity index (χ0n) is 13.0. The van der Waals surface area contributed by atoms with E-state index in [4.69, 9.17) is 11.5 Å². The lowest BCUT2D eigenvalue weighted by molar-refractivity contribution is 0.0996. The van der Waals surface area contributed by atoms with E-state index in [9.17, 15) is 9.90 Å². The summed E-state index contributed by atoms with van der Waals surface area (Å²) in [7, 11) is 0. The molecule has 5 N–H and O–H groups in total. The number of aryl methyl sites for hydroxylation is 1. The van der Waals surface area contributed by atoms with E-state index in [1.54, 1.807) is 18.2 Å². The third-order valence-electron chi connectivity index (χ3n) is 3.69. The predicted octanol–water partition coefficient (Wildman–Crippen LogP) is 2.51. The van der Waals surface area contributed by atoms with Crippen LogP contribution in [0.3, 0.4) is 0 Å². The number of nitrogens with two attached hydrogens (primary N) is 2. The van der Waals surface area contributed by atoms with Gasteiger partial charge >= 0.3 is 0 Å². The van der Waals surface area contributed by atoms with Crippen LogP contribution in [-0.2, 0) is 0 Å². The van der Waals surface area contributed by atoms with E-state index < -0.39 is 5.91 Å². The van der Waals surface area contributed by atoms with Gasteiger partial charge in [0.2, 0.25) is 0 Å². The van der Waals surface area contributed by atoms with E-state index in [1.165, 1.54) is 0 Å². The summed E-state index contributed by atoms with van der Waals surface area (Å²) >= 11 is 0. The van der Waals surface area contributed by atoms with Crippen LogP contribution in [-0.4, -0.2) is 21.0 Å². The maximum absolute atomic E-state index is 11.7. The average Bonchev–Trinajstić information content (AvgIpc) is 2.58. The van der Waals surface area contributed by atoms with Crippen molar-refractivity contribution in [3.8, 4) is 28.4 Å². The molecule has 1 aromatic heterocycles. The third-order valence-corrected chi connectivity index (χ3v) is 3.69. The first-order chi connectivity index (χ1) is 11.5. The van der Waals surface area contributed by atoms with Crippen molar-refractivity contribution < 1.29 is 9.90 Å². The first-order valence-electron chi connectivity index (χ1n) is 7.30. The Labute approximate surface area is 138 Å². The molecule has 3 aromatic rings. The Balaban J connectivity index is 2.31. The number of hydrogen-bond acceptors (Lipinski definition) is 5. The second-order valence-corrected chi connectivity index (χ2v) is 5.39. The Kier molecular flexibility index (Phi) is 3.87. The standard InChI is InChI=1S/C18H16N4O2/c1-10-7-8-12(23)9-13(10)15-14(19)16(17(20)24)22-18(21-15)11-5-3-2-4-6-11/h2-9,23H,19H2,1H3,(H2,20,24). The number of rotatable bonds is 3. The van der Waals surface area contributed by atoms with Gasteiger partial charge in [0.25, 0.3) is 5.91 Å². The summed E-state index contributed by atoms with van der Waals surface area (Å²) < 4.78 is 0. The van der Waals surface area contributed by atoms with Gasteiger partial charge < -0.3 is 16.6 Å². The van der Waals surface area contributed by atoms with Crippen molar-refractivity contribution in [1.82, 2.24) is 9.97 Å². The van der Waals surface area contributed by atoms with Crippen molar-refractivity contribution in [2.75, 3.05) is 5.73 Å². The van der Waals surface area contributed by atoms with E-state index in [0.29, 0.717) is 17.1 Å². The lowest BCUT2D eigenvalue weighted by Crippen LogP contribution is -2.18. The Morgan fingerprint density at radius 2 is 1.79 bits per heavy atom. The molecule has 0 unspecified atom stereocenters. The second kappa shape index (κ2) is 6.00. The smallest absolute Gasteiger partial charge is 0.269 e. The van der Waals surface area contributed by atoms with Gasteiger partial charge in [0, 0.05) is 11.1 Å². The number of nitrogen functional groups attached to an aromatic ring is 1. The number of aromatic hydroxyl groups is 1. The molecule has 0 saturated heterocycles. The number of carbonyl (C=O) groups is 1. The highest BCUT2D eigenvalue weighted by atomic mass is 16.3. The van der Waals surface area contributed by atoms with Gasteiger partial charge in [0.1, 0.15) is 5.75 Å². The van der Waals surface area contributed by atoms with Gasteiger partial charge in [0.05, 0.1) is 11.4 Å². The Hall–Kier alpha value is -3.41. The molecule has 0 saturated carbocycles. The number of phenols is 1. The number of primary amides is 1. The first kappa shape index (κ1) is 15.5. The van der Waals surface area contributed by atoms with Crippen molar-refractivity contribution in [3.63, 3.8) is 0 Å². The van der Waals surface area contributed by atoms with Crippen molar-refractivity contribution in [1.29, 1.82) is 0 Å². The molecule has 1 heterocycles. The minimum absolute atomic E-state index is 0.0402.